The second-order valence-corrected chi connectivity index (χ2v) is 6.35. The zero-order valence-electron chi connectivity index (χ0n) is 14.9. The average molecular weight is 357 g/mol. The van der Waals surface area contributed by atoms with Gasteiger partial charge in [0.1, 0.15) is 0 Å². The SMILES string of the molecule is Cc1ccc2cccc(C(=O)NC(Cn3nccn3)c3ccccc3)c2n1. The summed E-state index contributed by atoms with van der Waals surface area (Å²) in [6, 6.07) is 19.1. The molecule has 4 aromatic rings. The van der Waals surface area contributed by atoms with Gasteiger partial charge in [-0.15, -0.1) is 0 Å². The van der Waals surface area contributed by atoms with Crippen molar-refractivity contribution in [3.63, 3.8) is 0 Å². The Bertz CT molecular complexity index is 1060. The van der Waals surface area contributed by atoms with Crippen LogP contribution < -0.4 is 5.32 Å². The molecule has 0 saturated heterocycles. The minimum absolute atomic E-state index is 0.167. The lowest BCUT2D eigenvalue weighted by atomic mass is 10.0. The first-order chi connectivity index (χ1) is 13.2. The van der Waals surface area contributed by atoms with E-state index in [0.717, 1.165) is 16.6 Å². The van der Waals surface area contributed by atoms with Gasteiger partial charge in [-0.1, -0.05) is 48.5 Å². The van der Waals surface area contributed by atoms with Crippen LogP contribution in [0.1, 0.15) is 27.7 Å². The Morgan fingerprint density at radius 2 is 1.78 bits per heavy atom. The molecule has 0 aliphatic heterocycles. The zero-order valence-corrected chi connectivity index (χ0v) is 14.9. The van der Waals surface area contributed by atoms with Crippen molar-refractivity contribution < 1.29 is 4.79 Å². The van der Waals surface area contributed by atoms with E-state index < -0.39 is 0 Å². The minimum Gasteiger partial charge on any atom is -0.343 e. The molecular formula is C21H19N5O. The number of aromatic nitrogens is 4. The number of nitrogens with zero attached hydrogens (tertiary/aromatic N) is 4. The number of carbonyl (C=O) groups excluding carboxylic acids is 1. The molecule has 0 bridgehead atoms. The molecule has 0 saturated carbocycles. The van der Waals surface area contributed by atoms with E-state index in [1.807, 2.05) is 61.5 Å². The number of carbonyl (C=O) groups is 1. The monoisotopic (exact) mass is 357 g/mol. The fraction of sp³-hybridized carbons (Fsp3) is 0.143. The number of aryl methyl sites for hydroxylation is 1. The molecule has 0 radical (unpaired) electrons. The first-order valence-electron chi connectivity index (χ1n) is 8.77. The molecule has 1 unspecified atom stereocenters. The molecule has 0 aliphatic rings. The predicted molar refractivity (Wildman–Crippen MR) is 103 cm³/mol. The number of hydrogen-bond acceptors (Lipinski definition) is 4. The van der Waals surface area contributed by atoms with Gasteiger partial charge >= 0.3 is 0 Å². The fourth-order valence-electron chi connectivity index (χ4n) is 3.08. The summed E-state index contributed by atoms with van der Waals surface area (Å²) in [6.45, 7) is 2.37. The lowest BCUT2D eigenvalue weighted by Gasteiger charge is -2.19. The topological polar surface area (TPSA) is 72.7 Å². The Morgan fingerprint density at radius 3 is 2.56 bits per heavy atom. The predicted octanol–water partition coefficient (Wildman–Crippen LogP) is 3.31. The van der Waals surface area contributed by atoms with Crippen molar-refractivity contribution in [2.24, 2.45) is 0 Å². The van der Waals surface area contributed by atoms with Gasteiger partial charge in [0.15, 0.2) is 0 Å². The molecule has 4 rings (SSSR count). The van der Waals surface area contributed by atoms with Crippen LogP contribution in [-0.4, -0.2) is 25.9 Å². The molecule has 2 heterocycles. The Morgan fingerprint density at radius 1 is 1.00 bits per heavy atom. The average Bonchev–Trinajstić information content (AvgIpc) is 3.20. The van der Waals surface area contributed by atoms with Crippen molar-refractivity contribution in [1.29, 1.82) is 0 Å². The molecule has 0 fully saturated rings. The number of pyridine rings is 1. The first-order valence-corrected chi connectivity index (χ1v) is 8.77. The summed E-state index contributed by atoms with van der Waals surface area (Å²) in [5.74, 6) is -0.167. The lowest BCUT2D eigenvalue weighted by Crippen LogP contribution is -2.32. The molecule has 6 nitrogen and oxygen atoms in total. The highest BCUT2D eigenvalue weighted by Gasteiger charge is 2.19. The third-order valence-electron chi connectivity index (χ3n) is 4.42. The molecule has 134 valence electrons. The van der Waals surface area contributed by atoms with E-state index in [4.69, 9.17) is 0 Å². The molecule has 0 spiro atoms. The van der Waals surface area contributed by atoms with E-state index >= 15 is 0 Å². The van der Waals surface area contributed by atoms with Crippen molar-refractivity contribution in [3.8, 4) is 0 Å². The summed E-state index contributed by atoms with van der Waals surface area (Å²) >= 11 is 0. The van der Waals surface area contributed by atoms with Crippen molar-refractivity contribution in [3.05, 3.63) is 89.9 Å². The van der Waals surface area contributed by atoms with Gasteiger partial charge < -0.3 is 5.32 Å². The second-order valence-electron chi connectivity index (χ2n) is 6.35. The Kier molecular flexibility index (Phi) is 4.61. The van der Waals surface area contributed by atoms with Crippen molar-refractivity contribution in [2.75, 3.05) is 0 Å². The number of fused-ring (bicyclic) bond motifs is 1. The summed E-state index contributed by atoms with van der Waals surface area (Å²) in [6.07, 6.45) is 3.25. The molecule has 0 aliphatic carbocycles. The van der Waals surface area contributed by atoms with Crippen LogP contribution in [0.15, 0.2) is 73.1 Å². The van der Waals surface area contributed by atoms with Gasteiger partial charge in [-0.05, 0) is 24.6 Å². The normalized spacial score (nSPS) is 12.0. The van der Waals surface area contributed by atoms with E-state index in [0.29, 0.717) is 17.6 Å². The van der Waals surface area contributed by atoms with Gasteiger partial charge in [-0.2, -0.15) is 15.0 Å². The van der Waals surface area contributed by atoms with Crippen molar-refractivity contribution >= 4 is 16.8 Å². The fourth-order valence-corrected chi connectivity index (χ4v) is 3.08. The summed E-state index contributed by atoms with van der Waals surface area (Å²) < 4.78 is 0. The Balaban J connectivity index is 1.67. The van der Waals surface area contributed by atoms with Crippen LogP contribution >= 0.6 is 0 Å². The quantitative estimate of drug-likeness (QED) is 0.595. The molecule has 1 atom stereocenters. The van der Waals surface area contributed by atoms with Crippen LogP contribution in [0.2, 0.25) is 0 Å². The summed E-state index contributed by atoms with van der Waals surface area (Å²) in [5.41, 5.74) is 3.14. The highest BCUT2D eigenvalue weighted by Crippen LogP contribution is 2.20. The van der Waals surface area contributed by atoms with Crippen LogP contribution in [0, 0.1) is 6.92 Å². The van der Waals surface area contributed by atoms with Crippen LogP contribution in [0.25, 0.3) is 10.9 Å². The van der Waals surface area contributed by atoms with E-state index in [2.05, 4.69) is 20.5 Å². The lowest BCUT2D eigenvalue weighted by molar-refractivity contribution is 0.0932. The molecule has 6 heteroatoms. The molecule has 1 amide bonds. The molecular weight excluding hydrogens is 338 g/mol. The highest BCUT2D eigenvalue weighted by molar-refractivity contribution is 6.05. The Labute approximate surface area is 156 Å². The zero-order chi connectivity index (χ0) is 18.6. The van der Waals surface area contributed by atoms with Gasteiger partial charge in [0, 0.05) is 11.1 Å². The number of benzene rings is 2. The van der Waals surface area contributed by atoms with Gasteiger partial charge in [0.25, 0.3) is 5.91 Å². The van der Waals surface area contributed by atoms with Crippen LogP contribution in [0.5, 0.6) is 0 Å². The standard InChI is InChI=1S/C21H19N5O/c1-15-10-11-17-8-5-9-18(20(17)24-15)21(27)25-19(14-26-22-12-13-23-26)16-6-3-2-4-7-16/h2-13,19H,14H2,1H3,(H,25,27). The minimum atomic E-state index is -0.258. The summed E-state index contributed by atoms with van der Waals surface area (Å²) in [5, 5.41) is 12.4. The van der Waals surface area contributed by atoms with E-state index in [1.165, 1.54) is 0 Å². The molecule has 2 aromatic carbocycles. The van der Waals surface area contributed by atoms with Crippen LogP contribution in [-0.2, 0) is 6.54 Å². The maximum Gasteiger partial charge on any atom is 0.254 e. The molecule has 2 aromatic heterocycles. The number of para-hydroxylation sites is 1. The third kappa shape index (κ3) is 3.69. The maximum atomic E-state index is 13.1. The highest BCUT2D eigenvalue weighted by atomic mass is 16.1. The number of amides is 1. The maximum absolute atomic E-state index is 13.1. The van der Waals surface area contributed by atoms with Gasteiger partial charge in [0.2, 0.25) is 0 Å². The smallest absolute Gasteiger partial charge is 0.254 e. The molecule has 1 N–H and O–H groups in total. The van der Waals surface area contributed by atoms with E-state index in [-0.39, 0.29) is 11.9 Å². The van der Waals surface area contributed by atoms with Gasteiger partial charge in [-0.3, -0.25) is 9.78 Å². The van der Waals surface area contributed by atoms with Gasteiger partial charge in [0.05, 0.1) is 36.1 Å². The summed E-state index contributed by atoms with van der Waals surface area (Å²) in [4.78, 5) is 19.2. The van der Waals surface area contributed by atoms with Crippen LogP contribution in [0.3, 0.4) is 0 Å². The molecule has 27 heavy (non-hydrogen) atoms. The van der Waals surface area contributed by atoms with Crippen molar-refractivity contribution in [1.82, 2.24) is 25.3 Å². The Hall–Kier alpha value is -3.54. The van der Waals surface area contributed by atoms with E-state index in [9.17, 15) is 4.79 Å². The first kappa shape index (κ1) is 16.9. The number of rotatable bonds is 5. The van der Waals surface area contributed by atoms with Crippen LogP contribution in [0.4, 0.5) is 0 Å². The summed E-state index contributed by atoms with van der Waals surface area (Å²) in [7, 11) is 0. The number of hydrogen-bond donors (Lipinski definition) is 1. The van der Waals surface area contributed by atoms with E-state index in [1.54, 1.807) is 23.3 Å². The largest absolute Gasteiger partial charge is 0.343 e. The third-order valence-corrected chi connectivity index (χ3v) is 4.42. The van der Waals surface area contributed by atoms with Gasteiger partial charge in [-0.25, -0.2) is 0 Å². The van der Waals surface area contributed by atoms with Crippen molar-refractivity contribution in [2.45, 2.75) is 19.5 Å². The second kappa shape index (κ2) is 7.37. The number of nitrogens with one attached hydrogen (secondary N) is 1.